The van der Waals surface area contributed by atoms with Crippen LogP contribution >= 0.6 is 0 Å². The number of benzene rings is 1. The number of nitrogens with one attached hydrogen (secondary N) is 4. The van der Waals surface area contributed by atoms with Gasteiger partial charge in [-0.1, -0.05) is 31.4 Å². The fourth-order valence-electron chi connectivity index (χ4n) is 2.87. The lowest BCUT2D eigenvalue weighted by atomic mass is 10.1. The van der Waals surface area contributed by atoms with Crippen LogP contribution in [0.1, 0.15) is 26.2 Å². The van der Waals surface area contributed by atoms with E-state index in [1.807, 2.05) is 12.2 Å². The smallest absolute Gasteiger partial charge is 0.249 e. The third-order valence-corrected chi connectivity index (χ3v) is 4.59. The van der Waals surface area contributed by atoms with Crippen molar-refractivity contribution in [2.75, 3.05) is 23.7 Å². The van der Waals surface area contributed by atoms with E-state index in [-0.39, 0.29) is 24.3 Å². The first-order chi connectivity index (χ1) is 13.9. The molecular weight excluding hydrogens is 371 g/mol. The summed E-state index contributed by atoms with van der Waals surface area (Å²) in [6.07, 6.45) is 6.94. The minimum absolute atomic E-state index is 0.243. The summed E-state index contributed by atoms with van der Waals surface area (Å²) >= 11 is 0. The Kier molecular flexibility index (Phi) is 8.61. The molecule has 0 aromatic heterocycles. The molecule has 2 unspecified atom stereocenters. The van der Waals surface area contributed by atoms with Crippen LogP contribution in [0.2, 0.25) is 0 Å². The summed E-state index contributed by atoms with van der Waals surface area (Å²) in [5.41, 5.74) is 1.88. The summed E-state index contributed by atoms with van der Waals surface area (Å²) in [5.74, 6) is -1.06. The first-order valence-electron chi connectivity index (χ1n) is 9.73. The minimum Gasteiger partial charge on any atom is -0.383 e. The molecule has 2 atom stereocenters. The fraction of sp³-hybridized carbons (Fsp3) is 0.364. The van der Waals surface area contributed by atoms with Crippen LogP contribution in [0, 0.1) is 5.82 Å². The van der Waals surface area contributed by atoms with E-state index in [1.54, 1.807) is 18.2 Å². The molecule has 156 valence electrons. The van der Waals surface area contributed by atoms with Crippen LogP contribution in [-0.2, 0) is 9.59 Å². The Morgan fingerprint density at radius 2 is 2.21 bits per heavy atom. The zero-order valence-corrected chi connectivity index (χ0v) is 16.8. The molecule has 2 rings (SSSR count). The fourth-order valence-corrected chi connectivity index (χ4v) is 2.87. The number of piperidine rings is 1. The molecule has 0 bridgehead atoms. The van der Waals surface area contributed by atoms with E-state index in [0.29, 0.717) is 30.9 Å². The van der Waals surface area contributed by atoms with Gasteiger partial charge in [-0.2, -0.15) is 0 Å². The van der Waals surface area contributed by atoms with Crippen molar-refractivity contribution in [3.8, 4) is 0 Å². The molecule has 1 aliphatic rings. The lowest BCUT2D eigenvalue weighted by Crippen LogP contribution is -2.47. The summed E-state index contributed by atoms with van der Waals surface area (Å²) in [4.78, 5) is 23.0. The normalized spacial score (nSPS) is 17.7. The number of allylic oxidation sites excluding steroid dienone is 2. The van der Waals surface area contributed by atoms with Gasteiger partial charge < -0.3 is 16.0 Å². The van der Waals surface area contributed by atoms with Crippen molar-refractivity contribution >= 4 is 23.2 Å². The predicted octanol–water partition coefficient (Wildman–Crippen LogP) is 3.12. The van der Waals surface area contributed by atoms with Crippen LogP contribution in [0.4, 0.5) is 15.8 Å². The van der Waals surface area contributed by atoms with E-state index in [9.17, 15) is 14.0 Å². The van der Waals surface area contributed by atoms with Crippen LogP contribution in [0.25, 0.3) is 0 Å². The maximum Gasteiger partial charge on any atom is 0.249 e. The number of carbonyl (C=O) groups excluding carboxylic acids is 2. The molecule has 29 heavy (non-hydrogen) atoms. The lowest BCUT2D eigenvalue weighted by molar-refractivity contribution is -0.133. The van der Waals surface area contributed by atoms with Gasteiger partial charge in [-0.3, -0.25) is 14.9 Å². The third kappa shape index (κ3) is 7.54. The highest BCUT2D eigenvalue weighted by Gasteiger charge is 2.26. The van der Waals surface area contributed by atoms with E-state index >= 15 is 0 Å². The Morgan fingerprint density at radius 3 is 2.90 bits per heavy atom. The van der Waals surface area contributed by atoms with Gasteiger partial charge in [0.1, 0.15) is 11.9 Å². The highest BCUT2D eigenvalue weighted by atomic mass is 19.1. The van der Waals surface area contributed by atoms with Crippen molar-refractivity contribution in [3.63, 3.8) is 0 Å². The van der Waals surface area contributed by atoms with E-state index < -0.39 is 11.9 Å². The standard InChI is InChI=1S/C22H29FN4O2/c1-4-5-6-15(2)14-25-16(3)11-12-24-19-8-7-17(13-18(19)23)26-20-9-10-21(28)27-22(20)29/h4-8,13,16,20,24-26H,1-2,9-12,14H2,3H3,(H,27,28,29)/b6-5-. The predicted molar refractivity (Wildman–Crippen MR) is 115 cm³/mol. The molecule has 1 fully saturated rings. The molecular formula is C22H29FN4O2. The second-order valence-electron chi connectivity index (χ2n) is 7.09. The van der Waals surface area contributed by atoms with Crippen molar-refractivity contribution < 1.29 is 14.0 Å². The molecule has 7 heteroatoms. The van der Waals surface area contributed by atoms with Gasteiger partial charge in [0.05, 0.1) is 5.69 Å². The molecule has 1 saturated heterocycles. The zero-order valence-electron chi connectivity index (χ0n) is 16.8. The molecule has 0 spiro atoms. The Balaban J connectivity index is 1.76. The Bertz CT molecular complexity index is 791. The van der Waals surface area contributed by atoms with Crippen LogP contribution < -0.4 is 21.3 Å². The maximum absolute atomic E-state index is 14.4. The van der Waals surface area contributed by atoms with Gasteiger partial charge in [0.25, 0.3) is 0 Å². The zero-order chi connectivity index (χ0) is 21.2. The van der Waals surface area contributed by atoms with Gasteiger partial charge in [0, 0.05) is 31.2 Å². The molecule has 1 aromatic rings. The van der Waals surface area contributed by atoms with Gasteiger partial charge in [-0.25, -0.2) is 4.39 Å². The van der Waals surface area contributed by atoms with Crippen LogP contribution in [-0.4, -0.2) is 37.0 Å². The van der Waals surface area contributed by atoms with Crippen molar-refractivity contribution in [2.45, 2.75) is 38.3 Å². The topological polar surface area (TPSA) is 82.3 Å². The molecule has 1 heterocycles. The van der Waals surface area contributed by atoms with Gasteiger partial charge >= 0.3 is 0 Å². The Hall–Kier alpha value is -2.93. The highest BCUT2D eigenvalue weighted by molar-refractivity contribution is 6.01. The van der Waals surface area contributed by atoms with Crippen molar-refractivity contribution in [1.82, 2.24) is 10.6 Å². The second kappa shape index (κ2) is 11.2. The van der Waals surface area contributed by atoms with Crippen LogP contribution in [0.15, 0.2) is 55.2 Å². The second-order valence-corrected chi connectivity index (χ2v) is 7.09. The Morgan fingerprint density at radius 1 is 1.41 bits per heavy atom. The largest absolute Gasteiger partial charge is 0.383 e. The highest BCUT2D eigenvalue weighted by Crippen LogP contribution is 2.21. The van der Waals surface area contributed by atoms with Crippen molar-refractivity contribution in [3.05, 3.63) is 61.0 Å². The molecule has 6 nitrogen and oxygen atoms in total. The van der Waals surface area contributed by atoms with Gasteiger partial charge in [0.15, 0.2) is 0 Å². The molecule has 0 radical (unpaired) electrons. The van der Waals surface area contributed by atoms with Gasteiger partial charge in [-0.05, 0) is 43.5 Å². The van der Waals surface area contributed by atoms with Crippen LogP contribution in [0.5, 0.6) is 0 Å². The van der Waals surface area contributed by atoms with Gasteiger partial charge in [0.2, 0.25) is 11.8 Å². The number of hydrogen-bond acceptors (Lipinski definition) is 5. The number of rotatable bonds is 11. The number of carbonyl (C=O) groups is 2. The monoisotopic (exact) mass is 400 g/mol. The number of imide groups is 1. The van der Waals surface area contributed by atoms with E-state index in [1.165, 1.54) is 6.07 Å². The van der Waals surface area contributed by atoms with Crippen molar-refractivity contribution in [2.24, 2.45) is 0 Å². The summed E-state index contributed by atoms with van der Waals surface area (Å²) in [6, 6.07) is 4.42. The minimum atomic E-state index is -0.533. The molecule has 0 saturated carbocycles. The number of hydrogen-bond donors (Lipinski definition) is 4. The average molecular weight is 400 g/mol. The quantitative estimate of drug-likeness (QED) is 0.339. The number of amides is 2. The Labute approximate surface area is 171 Å². The number of anilines is 2. The summed E-state index contributed by atoms with van der Waals surface area (Å²) in [6.45, 7) is 10.9. The van der Waals surface area contributed by atoms with E-state index in [4.69, 9.17) is 0 Å². The summed E-state index contributed by atoms with van der Waals surface area (Å²) in [5, 5.41) is 11.7. The molecule has 4 N–H and O–H groups in total. The molecule has 1 aliphatic heterocycles. The first-order valence-corrected chi connectivity index (χ1v) is 9.73. The average Bonchev–Trinajstić information content (AvgIpc) is 2.68. The van der Waals surface area contributed by atoms with Crippen LogP contribution in [0.3, 0.4) is 0 Å². The summed E-state index contributed by atoms with van der Waals surface area (Å²) in [7, 11) is 0. The maximum atomic E-state index is 14.4. The molecule has 2 amide bonds. The SMILES string of the molecule is C=C/C=C\C(=C)CNC(C)CCNc1ccc(NC2CCC(=O)NC2=O)cc1F. The first kappa shape index (κ1) is 22.4. The molecule has 1 aromatic carbocycles. The summed E-state index contributed by atoms with van der Waals surface area (Å²) < 4.78 is 14.4. The van der Waals surface area contributed by atoms with E-state index in [2.05, 4.69) is 41.3 Å². The van der Waals surface area contributed by atoms with Gasteiger partial charge in [-0.15, -0.1) is 0 Å². The molecule has 0 aliphatic carbocycles. The lowest BCUT2D eigenvalue weighted by Gasteiger charge is -2.23. The van der Waals surface area contributed by atoms with E-state index in [0.717, 1.165) is 12.0 Å². The number of halogens is 1. The third-order valence-electron chi connectivity index (χ3n) is 4.59. The van der Waals surface area contributed by atoms with Crippen molar-refractivity contribution in [1.29, 1.82) is 0 Å².